The summed E-state index contributed by atoms with van der Waals surface area (Å²) in [7, 11) is 0. The van der Waals surface area contributed by atoms with Gasteiger partial charge in [0, 0.05) is 38.2 Å². The van der Waals surface area contributed by atoms with Crippen LogP contribution in [0.3, 0.4) is 0 Å². The highest BCUT2D eigenvalue weighted by molar-refractivity contribution is 5.79. The summed E-state index contributed by atoms with van der Waals surface area (Å²) in [6.45, 7) is 4.60. The lowest BCUT2D eigenvalue weighted by molar-refractivity contribution is -0.144. The van der Waals surface area contributed by atoms with Gasteiger partial charge in [0.1, 0.15) is 5.76 Å². The number of nitrogens with two attached hydrogens (primary N) is 1. The van der Waals surface area contributed by atoms with Crippen LogP contribution in [0.15, 0.2) is 10.6 Å². The average Bonchev–Trinajstić information content (AvgIpc) is 2.98. The summed E-state index contributed by atoms with van der Waals surface area (Å²) in [5, 5.41) is 3.83. The first-order valence-corrected chi connectivity index (χ1v) is 8.78. The Labute approximate surface area is 142 Å². The maximum Gasteiger partial charge on any atom is 0.230 e. The minimum atomic E-state index is 0.0787. The normalized spacial score (nSPS) is 24.2. The van der Waals surface area contributed by atoms with Crippen LogP contribution >= 0.6 is 0 Å². The van der Waals surface area contributed by atoms with Crippen LogP contribution in [-0.2, 0) is 16.0 Å². The number of hydrogen-bond donors (Lipinski definition) is 1. The van der Waals surface area contributed by atoms with Crippen LogP contribution in [0.5, 0.6) is 0 Å². The number of carbonyl (C=O) groups excluding carboxylic acids is 2. The molecule has 24 heavy (non-hydrogen) atoms. The summed E-state index contributed by atoms with van der Waals surface area (Å²) in [6.07, 6.45) is 3.39. The van der Waals surface area contributed by atoms with Gasteiger partial charge in [-0.25, -0.2) is 0 Å². The Balaban J connectivity index is 1.59. The van der Waals surface area contributed by atoms with Gasteiger partial charge in [-0.05, 0) is 38.6 Å². The Morgan fingerprint density at radius 1 is 1.46 bits per heavy atom. The van der Waals surface area contributed by atoms with Crippen molar-refractivity contribution in [3.05, 3.63) is 17.5 Å². The number of amides is 2. The summed E-state index contributed by atoms with van der Waals surface area (Å²) >= 11 is 0. The first-order valence-electron chi connectivity index (χ1n) is 8.78. The molecule has 0 radical (unpaired) electrons. The van der Waals surface area contributed by atoms with Crippen molar-refractivity contribution in [2.45, 2.75) is 45.1 Å². The number of aromatic nitrogens is 1. The molecule has 0 aromatic carbocycles. The lowest BCUT2D eigenvalue weighted by atomic mass is 9.83. The van der Waals surface area contributed by atoms with Crippen LogP contribution in [0.2, 0.25) is 0 Å². The molecule has 2 saturated heterocycles. The van der Waals surface area contributed by atoms with Gasteiger partial charge in [-0.2, -0.15) is 0 Å². The van der Waals surface area contributed by atoms with Crippen molar-refractivity contribution in [1.82, 2.24) is 15.0 Å². The second-order valence-corrected chi connectivity index (χ2v) is 6.84. The van der Waals surface area contributed by atoms with Crippen molar-refractivity contribution in [1.29, 1.82) is 0 Å². The number of aryl methyl sites for hydroxylation is 1. The molecule has 0 spiro atoms. The van der Waals surface area contributed by atoms with Crippen molar-refractivity contribution in [2.24, 2.45) is 11.7 Å². The van der Waals surface area contributed by atoms with Crippen molar-refractivity contribution < 1.29 is 14.1 Å². The fourth-order valence-corrected chi connectivity index (χ4v) is 3.89. The van der Waals surface area contributed by atoms with E-state index in [-0.39, 0.29) is 24.3 Å². The number of hydrogen-bond acceptors (Lipinski definition) is 5. The fourth-order valence-electron chi connectivity index (χ4n) is 3.89. The number of rotatable bonds is 5. The average molecular weight is 334 g/mol. The van der Waals surface area contributed by atoms with Gasteiger partial charge in [-0.3, -0.25) is 9.59 Å². The second-order valence-electron chi connectivity index (χ2n) is 6.84. The van der Waals surface area contributed by atoms with Gasteiger partial charge in [-0.1, -0.05) is 5.16 Å². The Morgan fingerprint density at radius 2 is 2.29 bits per heavy atom. The standard InChI is InChI=1S/C17H26N4O3/c1-12-9-14(24-19-12)10-17(23)20-8-5-15-13(11-20)3-4-16(22)21(15)7-2-6-18/h9,13,15H,2-8,10-11,18H2,1H3/t13-,15+/m0/s1. The molecule has 2 atom stereocenters. The molecule has 7 nitrogen and oxygen atoms in total. The van der Waals surface area contributed by atoms with Gasteiger partial charge in [0.2, 0.25) is 11.8 Å². The van der Waals surface area contributed by atoms with Gasteiger partial charge in [0.15, 0.2) is 0 Å². The number of fused-ring (bicyclic) bond motifs is 1. The Bertz CT molecular complexity index is 600. The van der Waals surface area contributed by atoms with E-state index < -0.39 is 0 Å². The van der Waals surface area contributed by atoms with Gasteiger partial charge in [0.05, 0.1) is 12.1 Å². The quantitative estimate of drug-likeness (QED) is 0.856. The zero-order valence-electron chi connectivity index (χ0n) is 14.2. The van der Waals surface area contributed by atoms with Crippen molar-refractivity contribution in [3.8, 4) is 0 Å². The topological polar surface area (TPSA) is 92.7 Å². The van der Waals surface area contributed by atoms with Crippen LogP contribution in [0, 0.1) is 12.8 Å². The number of carbonyl (C=O) groups is 2. The van der Waals surface area contributed by atoms with Crippen LogP contribution in [0.25, 0.3) is 0 Å². The third-order valence-corrected chi connectivity index (χ3v) is 5.10. The number of likely N-dealkylation sites (tertiary alicyclic amines) is 2. The van der Waals surface area contributed by atoms with E-state index in [9.17, 15) is 9.59 Å². The van der Waals surface area contributed by atoms with E-state index in [0.29, 0.717) is 31.2 Å². The molecule has 2 amide bonds. The largest absolute Gasteiger partial charge is 0.361 e. The molecular formula is C17H26N4O3. The van der Waals surface area contributed by atoms with Gasteiger partial charge in [-0.15, -0.1) is 0 Å². The molecule has 3 rings (SSSR count). The molecular weight excluding hydrogens is 308 g/mol. The van der Waals surface area contributed by atoms with Crippen LogP contribution < -0.4 is 5.73 Å². The first-order chi connectivity index (χ1) is 11.6. The molecule has 0 bridgehead atoms. The number of nitrogens with zero attached hydrogens (tertiary/aromatic N) is 3. The highest BCUT2D eigenvalue weighted by Crippen LogP contribution is 2.31. The zero-order chi connectivity index (χ0) is 17.1. The zero-order valence-corrected chi connectivity index (χ0v) is 14.2. The molecule has 0 saturated carbocycles. The maximum absolute atomic E-state index is 12.5. The van der Waals surface area contributed by atoms with E-state index >= 15 is 0 Å². The monoisotopic (exact) mass is 334 g/mol. The summed E-state index contributed by atoms with van der Waals surface area (Å²) in [4.78, 5) is 28.6. The molecule has 0 unspecified atom stereocenters. The molecule has 2 aliphatic rings. The minimum absolute atomic E-state index is 0.0787. The second kappa shape index (κ2) is 7.34. The van der Waals surface area contributed by atoms with E-state index in [2.05, 4.69) is 5.16 Å². The first kappa shape index (κ1) is 17.0. The lowest BCUT2D eigenvalue weighted by Gasteiger charge is -2.47. The summed E-state index contributed by atoms with van der Waals surface area (Å²) in [5.41, 5.74) is 6.38. The molecule has 3 heterocycles. The van der Waals surface area contributed by atoms with Crippen molar-refractivity contribution in [2.75, 3.05) is 26.2 Å². The number of piperidine rings is 2. The summed E-state index contributed by atoms with van der Waals surface area (Å²) < 4.78 is 5.15. The molecule has 2 N–H and O–H groups in total. The molecule has 1 aromatic heterocycles. The molecule has 7 heteroatoms. The highest BCUT2D eigenvalue weighted by Gasteiger charge is 2.39. The molecule has 1 aromatic rings. The predicted octanol–water partition coefficient (Wildman–Crippen LogP) is 0.714. The van der Waals surface area contributed by atoms with Crippen LogP contribution in [-0.4, -0.2) is 59.0 Å². The predicted molar refractivity (Wildman–Crippen MR) is 88.0 cm³/mol. The van der Waals surface area contributed by atoms with Crippen molar-refractivity contribution in [3.63, 3.8) is 0 Å². The molecule has 2 fully saturated rings. The van der Waals surface area contributed by atoms with E-state index in [1.165, 1.54) is 0 Å². The fraction of sp³-hybridized carbons (Fsp3) is 0.706. The highest BCUT2D eigenvalue weighted by atomic mass is 16.5. The lowest BCUT2D eigenvalue weighted by Crippen LogP contribution is -2.57. The van der Waals surface area contributed by atoms with E-state index in [0.717, 1.165) is 38.0 Å². The maximum atomic E-state index is 12.5. The van der Waals surface area contributed by atoms with E-state index in [4.69, 9.17) is 10.3 Å². The van der Waals surface area contributed by atoms with Gasteiger partial charge < -0.3 is 20.1 Å². The van der Waals surface area contributed by atoms with Crippen LogP contribution in [0.4, 0.5) is 0 Å². The Hall–Kier alpha value is -1.89. The molecule has 2 aliphatic heterocycles. The third-order valence-electron chi connectivity index (χ3n) is 5.10. The van der Waals surface area contributed by atoms with E-state index in [1.807, 2.05) is 16.7 Å². The molecule has 0 aliphatic carbocycles. The third kappa shape index (κ3) is 3.61. The smallest absolute Gasteiger partial charge is 0.230 e. The Kier molecular flexibility index (Phi) is 5.18. The molecule has 132 valence electrons. The van der Waals surface area contributed by atoms with Gasteiger partial charge >= 0.3 is 0 Å². The SMILES string of the molecule is Cc1cc(CC(=O)N2CC[C@@H]3[C@@H](CCC(=O)N3CCCN)C2)on1. The summed E-state index contributed by atoms with van der Waals surface area (Å²) in [6, 6.07) is 2.06. The summed E-state index contributed by atoms with van der Waals surface area (Å²) in [5.74, 6) is 1.30. The van der Waals surface area contributed by atoms with Gasteiger partial charge in [0.25, 0.3) is 0 Å². The minimum Gasteiger partial charge on any atom is -0.361 e. The van der Waals surface area contributed by atoms with Crippen LogP contribution in [0.1, 0.15) is 37.1 Å². The van der Waals surface area contributed by atoms with Crippen molar-refractivity contribution >= 4 is 11.8 Å². The Morgan fingerprint density at radius 3 is 3.00 bits per heavy atom. The van der Waals surface area contributed by atoms with E-state index in [1.54, 1.807) is 6.07 Å².